The number of rotatable bonds is 7. The first kappa shape index (κ1) is 20.4. The lowest BCUT2D eigenvalue weighted by molar-refractivity contribution is 0.639. The molecule has 0 atom stereocenters. The second kappa shape index (κ2) is 8.57. The van der Waals surface area contributed by atoms with Gasteiger partial charge in [-0.2, -0.15) is 0 Å². The molecule has 0 saturated carbocycles. The fourth-order valence-electron chi connectivity index (χ4n) is 4.62. The first-order valence-electron chi connectivity index (χ1n) is 11.4. The van der Waals surface area contributed by atoms with E-state index in [1.165, 1.54) is 11.1 Å². The summed E-state index contributed by atoms with van der Waals surface area (Å²) in [4.78, 5) is 18.0. The van der Waals surface area contributed by atoms with Crippen molar-refractivity contribution in [3.8, 4) is 0 Å². The van der Waals surface area contributed by atoms with Crippen molar-refractivity contribution in [3.63, 3.8) is 0 Å². The van der Waals surface area contributed by atoms with Gasteiger partial charge in [0.15, 0.2) is 5.43 Å². The molecule has 0 fully saturated rings. The quantitative estimate of drug-likeness (QED) is 0.487. The summed E-state index contributed by atoms with van der Waals surface area (Å²) >= 11 is 0. The monoisotopic (exact) mass is 428 g/mol. The van der Waals surface area contributed by atoms with Gasteiger partial charge in [0.2, 0.25) is 0 Å². The molecule has 1 N–H and O–H groups in total. The third kappa shape index (κ3) is 3.90. The van der Waals surface area contributed by atoms with Gasteiger partial charge in [0.05, 0.1) is 29.5 Å². The lowest BCUT2D eigenvalue weighted by Crippen LogP contribution is -2.21. The number of aryl methyl sites for hydroxylation is 2. The molecule has 3 aromatic heterocycles. The van der Waals surface area contributed by atoms with E-state index in [-0.39, 0.29) is 5.43 Å². The molecule has 0 aliphatic heterocycles. The Labute approximate surface area is 187 Å². The molecule has 0 amide bonds. The minimum absolute atomic E-state index is 0.00287. The van der Waals surface area contributed by atoms with Crippen LogP contribution in [-0.2, 0) is 32.4 Å². The van der Waals surface area contributed by atoms with Crippen molar-refractivity contribution in [2.75, 3.05) is 5.32 Å². The first-order valence-corrected chi connectivity index (χ1v) is 11.4. The normalized spacial score (nSPS) is 13.6. The van der Waals surface area contributed by atoms with E-state index >= 15 is 0 Å². The van der Waals surface area contributed by atoms with Crippen molar-refractivity contribution in [2.24, 2.45) is 0 Å². The Hall–Kier alpha value is -3.48. The van der Waals surface area contributed by atoms with Crippen LogP contribution < -0.4 is 10.7 Å². The molecular weight excluding hydrogens is 400 g/mol. The Balaban J connectivity index is 1.45. The molecule has 4 aromatic rings. The number of fused-ring (bicyclic) bond motifs is 2. The van der Waals surface area contributed by atoms with Crippen molar-refractivity contribution in [1.82, 2.24) is 24.5 Å². The van der Waals surface area contributed by atoms with E-state index in [0.29, 0.717) is 29.2 Å². The number of pyridine rings is 2. The molecule has 7 heteroatoms. The molecular formula is C25H28N6O. The summed E-state index contributed by atoms with van der Waals surface area (Å²) in [6, 6.07) is 10.8. The third-order valence-electron chi connectivity index (χ3n) is 6.17. The zero-order chi connectivity index (χ0) is 22.1. The van der Waals surface area contributed by atoms with E-state index in [4.69, 9.17) is 0 Å². The summed E-state index contributed by atoms with van der Waals surface area (Å²) in [5.74, 6) is 0. The van der Waals surface area contributed by atoms with Crippen LogP contribution in [0.15, 0.2) is 53.7 Å². The van der Waals surface area contributed by atoms with Crippen molar-refractivity contribution in [1.29, 1.82) is 0 Å². The van der Waals surface area contributed by atoms with Crippen LogP contribution in [0.5, 0.6) is 0 Å². The number of hydrogen-bond acceptors (Lipinski definition) is 5. The van der Waals surface area contributed by atoms with E-state index in [1.54, 1.807) is 4.68 Å². The first-order chi connectivity index (χ1) is 15.6. The molecule has 32 heavy (non-hydrogen) atoms. The molecule has 7 nitrogen and oxygen atoms in total. The van der Waals surface area contributed by atoms with E-state index < -0.39 is 0 Å². The topological polar surface area (TPSA) is 77.6 Å². The van der Waals surface area contributed by atoms with Gasteiger partial charge in [-0.15, -0.1) is 5.10 Å². The highest BCUT2D eigenvalue weighted by molar-refractivity contribution is 5.79. The predicted octanol–water partition coefficient (Wildman–Crippen LogP) is 3.59. The van der Waals surface area contributed by atoms with Crippen LogP contribution in [0.4, 0.5) is 5.69 Å². The standard InChI is InChI=1S/C25H28N6O/c1-3-7-20-16-31(29-28-20)15-19-14-30(4-2)25-23(24(19)32)12-22(13-26-25)27-21-10-17-8-5-6-9-18(17)11-21/h5-6,8-9,12-14,16,21,27H,3-4,7,10-11,15H2,1-2H3. The Morgan fingerprint density at radius 1 is 1.12 bits per heavy atom. The SMILES string of the molecule is CCCc1cn(Cc2cn(CC)c3ncc(NC4Cc5ccccc5C4)cc3c2=O)nn1. The van der Waals surface area contributed by atoms with E-state index in [2.05, 4.69) is 58.7 Å². The zero-order valence-corrected chi connectivity index (χ0v) is 18.6. The number of benzene rings is 1. The second-order valence-electron chi connectivity index (χ2n) is 8.54. The fourth-order valence-corrected chi connectivity index (χ4v) is 4.62. The third-order valence-corrected chi connectivity index (χ3v) is 6.17. The summed E-state index contributed by atoms with van der Waals surface area (Å²) < 4.78 is 3.78. The Kier molecular flexibility index (Phi) is 5.47. The maximum absolute atomic E-state index is 13.4. The number of aromatic nitrogens is 5. The highest BCUT2D eigenvalue weighted by atomic mass is 16.1. The fraction of sp³-hybridized carbons (Fsp3) is 0.360. The van der Waals surface area contributed by atoms with Crippen molar-refractivity contribution < 1.29 is 0 Å². The molecule has 0 unspecified atom stereocenters. The van der Waals surface area contributed by atoms with Crippen LogP contribution in [0.1, 0.15) is 42.7 Å². The molecule has 1 aliphatic carbocycles. The Bertz CT molecular complexity index is 1300. The molecule has 1 aromatic carbocycles. The number of hydrogen-bond donors (Lipinski definition) is 1. The molecule has 0 saturated heterocycles. The largest absolute Gasteiger partial charge is 0.380 e. The van der Waals surface area contributed by atoms with Crippen LogP contribution in [0.3, 0.4) is 0 Å². The predicted molar refractivity (Wildman–Crippen MR) is 126 cm³/mol. The van der Waals surface area contributed by atoms with Gasteiger partial charge in [-0.1, -0.05) is 42.8 Å². The van der Waals surface area contributed by atoms with Crippen molar-refractivity contribution in [3.05, 3.63) is 81.5 Å². The van der Waals surface area contributed by atoms with Crippen LogP contribution in [0, 0.1) is 0 Å². The molecule has 164 valence electrons. The molecule has 5 rings (SSSR count). The van der Waals surface area contributed by atoms with E-state index in [0.717, 1.165) is 43.6 Å². The van der Waals surface area contributed by atoms with E-state index in [1.807, 2.05) is 29.2 Å². The van der Waals surface area contributed by atoms with Crippen molar-refractivity contribution >= 4 is 16.7 Å². The highest BCUT2D eigenvalue weighted by Crippen LogP contribution is 2.25. The van der Waals surface area contributed by atoms with Gasteiger partial charge >= 0.3 is 0 Å². The van der Waals surface area contributed by atoms with Gasteiger partial charge in [-0.25, -0.2) is 9.67 Å². The smallest absolute Gasteiger partial charge is 0.196 e. The molecule has 0 bridgehead atoms. The molecule has 0 spiro atoms. The van der Waals surface area contributed by atoms with Crippen LogP contribution in [-0.4, -0.2) is 30.6 Å². The minimum atomic E-state index is 0.00287. The maximum atomic E-state index is 13.4. The van der Waals surface area contributed by atoms with E-state index in [9.17, 15) is 4.79 Å². The maximum Gasteiger partial charge on any atom is 0.196 e. The summed E-state index contributed by atoms with van der Waals surface area (Å²) in [7, 11) is 0. The van der Waals surface area contributed by atoms with Gasteiger partial charge in [0, 0.05) is 30.5 Å². The zero-order valence-electron chi connectivity index (χ0n) is 18.6. The molecule has 1 aliphatic rings. The number of nitrogens with one attached hydrogen (secondary N) is 1. The lowest BCUT2D eigenvalue weighted by atomic mass is 10.1. The van der Waals surface area contributed by atoms with Crippen LogP contribution >= 0.6 is 0 Å². The lowest BCUT2D eigenvalue weighted by Gasteiger charge is -2.15. The van der Waals surface area contributed by atoms with Gasteiger partial charge in [-0.05, 0) is 43.4 Å². The van der Waals surface area contributed by atoms with Gasteiger partial charge in [0.1, 0.15) is 5.65 Å². The van der Waals surface area contributed by atoms with Crippen LogP contribution in [0.25, 0.3) is 11.0 Å². The average molecular weight is 429 g/mol. The van der Waals surface area contributed by atoms with Gasteiger partial charge < -0.3 is 9.88 Å². The summed E-state index contributed by atoms with van der Waals surface area (Å²) in [5, 5.41) is 12.6. The summed E-state index contributed by atoms with van der Waals surface area (Å²) in [6.45, 7) is 5.32. The van der Waals surface area contributed by atoms with Gasteiger partial charge in [-0.3, -0.25) is 4.79 Å². The number of nitrogens with zero attached hydrogens (tertiary/aromatic N) is 5. The Morgan fingerprint density at radius 2 is 1.91 bits per heavy atom. The summed E-state index contributed by atoms with van der Waals surface area (Å²) in [6.07, 6.45) is 9.55. The highest BCUT2D eigenvalue weighted by Gasteiger charge is 2.21. The minimum Gasteiger partial charge on any atom is -0.380 e. The summed E-state index contributed by atoms with van der Waals surface area (Å²) in [5.41, 5.74) is 6.04. The second-order valence-corrected chi connectivity index (χ2v) is 8.54. The Morgan fingerprint density at radius 3 is 2.62 bits per heavy atom. The average Bonchev–Trinajstić information content (AvgIpc) is 3.42. The molecule has 3 heterocycles. The van der Waals surface area contributed by atoms with Crippen LogP contribution in [0.2, 0.25) is 0 Å². The van der Waals surface area contributed by atoms with Gasteiger partial charge in [0.25, 0.3) is 0 Å². The van der Waals surface area contributed by atoms with Crippen molar-refractivity contribution in [2.45, 2.75) is 58.7 Å². The molecule has 0 radical (unpaired) electrons. The number of anilines is 1.